The van der Waals surface area contributed by atoms with Crippen LogP contribution in [-0.2, 0) is 0 Å². The van der Waals surface area contributed by atoms with Gasteiger partial charge >= 0.3 is 0 Å². The number of nitriles is 1. The maximum Gasteiger partial charge on any atom is 0.0994 e. The van der Waals surface area contributed by atoms with Gasteiger partial charge in [0.25, 0.3) is 0 Å². The predicted molar refractivity (Wildman–Crippen MR) is 57.7 cm³/mol. The third-order valence-corrected chi connectivity index (χ3v) is 2.41. The van der Waals surface area contributed by atoms with Crippen molar-refractivity contribution in [2.45, 2.75) is 32.7 Å². The number of rotatable bonds is 3. The Balaban J connectivity index is 2.95. The third-order valence-electron chi connectivity index (χ3n) is 2.41. The molecule has 1 aromatic carbocycles. The molecule has 0 spiro atoms. The van der Waals surface area contributed by atoms with Gasteiger partial charge in [0, 0.05) is 6.04 Å². The number of aryl methyl sites for hydroxylation is 1. The Labute approximate surface area is 85.4 Å². The van der Waals surface area contributed by atoms with Crippen LogP contribution in [0.4, 0.5) is 0 Å². The molecule has 0 saturated carbocycles. The first-order valence-corrected chi connectivity index (χ1v) is 4.95. The Morgan fingerprint density at radius 3 is 2.79 bits per heavy atom. The Kier molecular flexibility index (Phi) is 3.67. The lowest BCUT2D eigenvalue weighted by Gasteiger charge is -2.11. The van der Waals surface area contributed by atoms with Crippen molar-refractivity contribution < 1.29 is 0 Å². The van der Waals surface area contributed by atoms with E-state index in [1.54, 1.807) is 0 Å². The molecule has 0 aromatic heterocycles. The monoisotopic (exact) mass is 188 g/mol. The SMILES string of the molecule is CCCC(N)c1ccc(C)c(C#N)c1. The number of benzene rings is 1. The van der Waals surface area contributed by atoms with Crippen molar-refractivity contribution in [3.05, 3.63) is 34.9 Å². The molecule has 1 aromatic rings. The highest BCUT2D eigenvalue weighted by atomic mass is 14.6. The van der Waals surface area contributed by atoms with Gasteiger partial charge in [-0.25, -0.2) is 0 Å². The van der Waals surface area contributed by atoms with E-state index in [9.17, 15) is 0 Å². The van der Waals surface area contributed by atoms with Crippen molar-refractivity contribution in [1.29, 1.82) is 5.26 Å². The standard InChI is InChI=1S/C12H16N2/c1-3-4-12(14)10-6-5-9(2)11(7-10)8-13/h5-7,12H,3-4,14H2,1-2H3. The molecular weight excluding hydrogens is 172 g/mol. The normalized spacial score (nSPS) is 12.1. The summed E-state index contributed by atoms with van der Waals surface area (Å²) >= 11 is 0. The minimum Gasteiger partial charge on any atom is -0.324 e. The molecule has 2 N–H and O–H groups in total. The first-order valence-electron chi connectivity index (χ1n) is 4.95. The van der Waals surface area contributed by atoms with Crippen LogP contribution in [0.15, 0.2) is 18.2 Å². The van der Waals surface area contributed by atoms with Gasteiger partial charge in [-0.2, -0.15) is 5.26 Å². The van der Waals surface area contributed by atoms with E-state index in [1.807, 2.05) is 25.1 Å². The van der Waals surface area contributed by atoms with Crippen LogP contribution in [0, 0.1) is 18.3 Å². The van der Waals surface area contributed by atoms with E-state index >= 15 is 0 Å². The van der Waals surface area contributed by atoms with E-state index < -0.39 is 0 Å². The van der Waals surface area contributed by atoms with E-state index in [-0.39, 0.29) is 6.04 Å². The van der Waals surface area contributed by atoms with Crippen LogP contribution in [0.2, 0.25) is 0 Å². The third kappa shape index (κ3) is 2.34. The summed E-state index contributed by atoms with van der Waals surface area (Å²) in [7, 11) is 0. The molecule has 0 amide bonds. The van der Waals surface area contributed by atoms with E-state index in [4.69, 9.17) is 11.0 Å². The van der Waals surface area contributed by atoms with Crippen molar-refractivity contribution in [2.75, 3.05) is 0 Å². The van der Waals surface area contributed by atoms with E-state index in [1.165, 1.54) is 0 Å². The number of hydrogen-bond donors (Lipinski definition) is 1. The van der Waals surface area contributed by atoms with Crippen molar-refractivity contribution >= 4 is 0 Å². The van der Waals surface area contributed by atoms with Gasteiger partial charge in [0.15, 0.2) is 0 Å². The second kappa shape index (κ2) is 4.78. The van der Waals surface area contributed by atoms with E-state index in [0.29, 0.717) is 0 Å². The van der Waals surface area contributed by atoms with Gasteiger partial charge in [-0.1, -0.05) is 25.5 Å². The molecule has 0 saturated heterocycles. The van der Waals surface area contributed by atoms with Crippen LogP contribution in [0.25, 0.3) is 0 Å². The Bertz CT molecular complexity index is 350. The maximum atomic E-state index is 8.86. The highest BCUT2D eigenvalue weighted by Crippen LogP contribution is 2.18. The average Bonchev–Trinajstić information content (AvgIpc) is 2.19. The van der Waals surface area contributed by atoms with Crippen molar-refractivity contribution in [3.63, 3.8) is 0 Å². The smallest absolute Gasteiger partial charge is 0.0994 e. The number of hydrogen-bond acceptors (Lipinski definition) is 2. The quantitative estimate of drug-likeness (QED) is 0.792. The van der Waals surface area contributed by atoms with Crippen LogP contribution in [0.3, 0.4) is 0 Å². The van der Waals surface area contributed by atoms with Crippen molar-refractivity contribution in [1.82, 2.24) is 0 Å². The van der Waals surface area contributed by atoms with Gasteiger partial charge < -0.3 is 5.73 Å². The fraction of sp³-hybridized carbons (Fsp3) is 0.417. The first kappa shape index (κ1) is 10.7. The lowest BCUT2D eigenvalue weighted by Crippen LogP contribution is -2.09. The van der Waals surface area contributed by atoms with Gasteiger partial charge in [0.1, 0.15) is 0 Å². The molecule has 1 unspecified atom stereocenters. The summed E-state index contributed by atoms with van der Waals surface area (Å²) in [5.74, 6) is 0. The second-order valence-corrected chi connectivity index (χ2v) is 3.58. The van der Waals surface area contributed by atoms with Gasteiger partial charge in [-0.3, -0.25) is 0 Å². The lowest BCUT2D eigenvalue weighted by molar-refractivity contribution is 0.638. The zero-order valence-corrected chi connectivity index (χ0v) is 8.75. The lowest BCUT2D eigenvalue weighted by atomic mass is 9.99. The maximum absolute atomic E-state index is 8.86. The summed E-state index contributed by atoms with van der Waals surface area (Å²) in [4.78, 5) is 0. The molecule has 0 radical (unpaired) electrons. The van der Waals surface area contributed by atoms with Crippen LogP contribution < -0.4 is 5.73 Å². The predicted octanol–water partition coefficient (Wildman–Crippen LogP) is 2.67. The summed E-state index contributed by atoms with van der Waals surface area (Å²) in [6.45, 7) is 4.05. The highest BCUT2D eigenvalue weighted by Gasteiger charge is 2.06. The van der Waals surface area contributed by atoms with E-state index in [2.05, 4.69) is 13.0 Å². The van der Waals surface area contributed by atoms with Crippen LogP contribution >= 0.6 is 0 Å². The van der Waals surface area contributed by atoms with Gasteiger partial charge in [0.05, 0.1) is 11.6 Å². The van der Waals surface area contributed by atoms with Crippen LogP contribution in [0.1, 0.15) is 42.5 Å². The highest BCUT2D eigenvalue weighted by molar-refractivity contribution is 5.40. The average molecular weight is 188 g/mol. The fourth-order valence-electron chi connectivity index (χ4n) is 1.47. The number of nitrogens with two attached hydrogens (primary N) is 1. The minimum absolute atomic E-state index is 0.0627. The van der Waals surface area contributed by atoms with Crippen LogP contribution in [0.5, 0.6) is 0 Å². The summed E-state index contributed by atoms with van der Waals surface area (Å²) < 4.78 is 0. The number of nitrogens with zero attached hydrogens (tertiary/aromatic N) is 1. The van der Waals surface area contributed by atoms with Gasteiger partial charge in [-0.15, -0.1) is 0 Å². The van der Waals surface area contributed by atoms with Gasteiger partial charge in [0.2, 0.25) is 0 Å². The largest absolute Gasteiger partial charge is 0.324 e. The summed E-state index contributed by atoms with van der Waals surface area (Å²) in [6, 6.07) is 8.11. The molecule has 2 nitrogen and oxygen atoms in total. The Morgan fingerprint density at radius 2 is 2.21 bits per heavy atom. The first-order chi connectivity index (χ1) is 6.69. The Morgan fingerprint density at radius 1 is 1.50 bits per heavy atom. The fourth-order valence-corrected chi connectivity index (χ4v) is 1.47. The van der Waals surface area contributed by atoms with Crippen LogP contribution in [-0.4, -0.2) is 0 Å². The molecule has 0 bridgehead atoms. The molecule has 1 rings (SSSR count). The molecule has 0 aliphatic heterocycles. The summed E-state index contributed by atoms with van der Waals surface area (Å²) in [5.41, 5.74) is 8.78. The molecule has 0 heterocycles. The molecule has 0 aliphatic rings. The zero-order chi connectivity index (χ0) is 10.6. The molecule has 74 valence electrons. The second-order valence-electron chi connectivity index (χ2n) is 3.58. The Hall–Kier alpha value is -1.33. The molecule has 2 heteroatoms. The van der Waals surface area contributed by atoms with E-state index in [0.717, 1.165) is 29.5 Å². The molecule has 0 fully saturated rings. The van der Waals surface area contributed by atoms with Crippen molar-refractivity contribution in [2.24, 2.45) is 5.73 Å². The minimum atomic E-state index is 0.0627. The summed E-state index contributed by atoms with van der Waals surface area (Å²) in [5, 5.41) is 8.86. The van der Waals surface area contributed by atoms with Crippen molar-refractivity contribution in [3.8, 4) is 6.07 Å². The van der Waals surface area contributed by atoms with Gasteiger partial charge in [-0.05, 0) is 30.5 Å². The molecule has 14 heavy (non-hydrogen) atoms. The molecule has 1 atom stereocenters. The molecular formula is C12H16N2. The summed E-state index contributed by atoms with van der Waals surface area (Å²) in [6.07, 6.45) is 2.03. The molecule has 0 aliphatic carbocycles. The topological polar surface area (TPSA) is 49.8 Å². The zero-order valence-electron chi connectivity index (χ0n) is 8.75.